The van der Waals surface area contributed by atoms with Gasteiger partial charge in [0.15, 0.2) is 5.78 Å². The van der Waals surface area contributed by atoms with Crippen LogP contribution in [0.2, 0.25) is 5.02 Å². The van der Waals surface area contributed by atoms with Crippen molar-refractivity contribution in [1.29, 1.82) is 0 Å². The first-order chi connectivity index (χ1) is 8.52. The Labute approximate surface area is 113 Å². The van der Waals surface area contributed by atoms with Crippen LogP contribution >= 0.6 is 11.6 Å². The molecule has 3 nitrogen and oxygen atoms in total. The molecule has 18 heavy (non-hydrogen) atoms. The van der Waals surface area contributed by atoms with Crippen molar-refractivity contribution in [3.63, 3.8) is 0 Å². The van der Waals surface area contributed by atoms with Gasteiger partial charge < -0.3 is 5.32 Å². The third-order valence-corrected chi connectivity index (χ3v) is 3.02. The van der Waals surface area contributed by atoms with Crippen LogP contribution in [-0.2, 0) is 4.79 Å². The van der Waals surface area contributed by atoms with E-state index in [2.05, 4.69) is 5.32 Å². The minimum Gasteiger partial charge on any atom is -0.354 e. The minimum absolute atomic E-state index is 0.0361. The molecular formula is C14H18ClNO2. The topological polar surface area (TPSA) is 46.2 Å². The van der Waals surface area contributed by atoms with Crippen molar-refractivity contribution in [1.82, 2.24) is 5.32 Å². The van der Waals surface area contributed by atoms with Gasteiger partial charge in [0.05, 0.1) is 0 Å². The molecule has 1 atom stereocenters. The minimum atomic E-state index is -0.0772. The number of ketones is 1. The van der Waals surface area contributed by atoms with E-state index in [1.807, 2.05) is 13.8 Å². The van der Waals surface area contributed by atoms with Crippen LogP contribution < -0.4 is 5.32 Å². The number of Topliss-reactive ketones (excluding diaryl/α,β-unsaturated/α-hetero) is 1. The zero-order valence-electron chi connectivity index (χ0n) is 10.7. The SMILES string of the molecule is CCC(C)NC(=O)CCC(=O)c1ccc(Cl)cc1. The van der Waals surface area contributed by atoms with E-state index in [9.17, 15) is 9.59 Å². The number of hydrogen-bond donors (Lipinski definition) is 1. The summed E-state index contributed by atoms with van der Waals surface area (Å²) in [5, 5.41) is 3.43. The summed E-state index contributed by atoms with van der Waals surface area (Å²) in [5.74, 6) is -0.113. The lowest BCUT2D eigenvalue weighted by molar-refractivity contribution is -0.121. The molecule has 0 saturated carbocycles. The molecule has 0 spiro atoms. The molecule has 0 aliphatic heterocycles. The Hall–Kier alpha value is -1.35. The van der Waals surface area contributed by atoms with Gasteiger partial charge in [0, 0.05) is 29.5 Å². The molecule has 0 aliphatic carbocycles. The maximum absolute atomic E-state index is 11.8. The molecule has 1 aromatic carbocycles. The van der Waals surface area contributed by atoms with Crippen LogP contribution in [0.5, 0.6) is 0 Å². The largest absolute Gasteiger partial charge is 0.354 e. The Morgan fingerprint density at radius 3 is 2.39 bits per heavy atom. The van der Waals surface area contributed by atoms with E-state index in [0.717, 1.165) is 6.42 Å². The predicted molar refractivity (Wildman–Crippen MR) is 72.9 cm³/mol. The van der Waals surface area contributed by atoms with Gasteiger partial charge in [0.25, 0.3) is 0 Å². The van der Waals surface area contributed by atoms with Crippen molar-refractivity contribution in [2.75, 3.05) is 0 Å². The van der Waals surface area contributed by atoms with Crippen molar-refractivity contribution in [3.05, 3.63) is 34.9 Å². The number of hydrogen-bond acceptors (Lipinski definition) is 2. The monoisotopic (exact) mass is 267 g/mol. The number of rotatable bonds is 6. The molecule has 0 aromatic heterocycles. The second kappa shape index (κ2) is 7.17. The molecule has 0 bridgehead atoms. The second-order valence-electron chi connectivity index (χ2n) is 4.31. The second-order valence-corrected chi connectivity index (χ2v) is 4.74. The number of carbonyl (C=O) groups excluding carboxylic acids is 2. The molecule has 1 unspecified atom stereocenters. The fourth-order valence-corrected chi connectivity index (χ4v) is 1.58. The van der Waals surface area contributed by atoms with Gasteiger partial charge in [-0.3, -0.25) is 9.59 Å². The van der Waals surface area contributed by atoms with Crippen LogP contribution in [0.3, 0.4) is 0 Å². The number of nitrogens with one attached hydrogen (secondary N) is 1. The highest BCUT2D eigenvalue weighted by atomic mass is 35.5. The zero-order chi connectivity index (χ0) is 13.5. The first-order valence-corrected chi connectivity index (χ1v) is 6.49. The first kappa shape index (κ1) is 14.7. The van der Waals surface area contributed by atoms with Gasteiger partial charge in [-0.15, -0.1) is 0 Å². The molecule has 0 aliphatic rings. The lowest BCUT2D eigenvalue weighted by Crippen LogP contribution is -2.32. The van der Waals surface area contributed by atoms with Crippen molar-refractivity contribution < 1.29 is 9.59 Å². The van der Waals surface area contributed by atoms with Crippen molar-refractivity contribution in [3.8, 4) is 0 Å². The molecule has 0 radical (unpaired) electrons. The van der Waals surface area contributed by atoms with Gasteiger partial charge >= 0.3 is 0 Å². The highest BCUT2D eigenvalue weighted by molar-refractivity contribution is 6.30. The molecule has 0 heterocycles. The third-order valence-electron chi connectivity index (χ3n) is 2.77. The average Bonchev–Trinajstić information content (AvgIpc) is 2.36. The molecule has 0 fully saturated rings. The summed E-state index contributed by atoms with van der Waals surface area (Å²) in [6.07, 6.45) is 1.34. The standard InChI is InChI=1S/C14H18ClNO2/c1-3-10(2)16-14(18)9-8-13(17)11-4-6-12(15)7-5-11/h4-7,10H,3,8-9H2,1-2H3,(H,16,18). The Balaban J connectivity index is 2.41. The summed E-state index contributed by atoms with van der Waals surface area (Å²) in [5.41, 5.74) is 0.593. The van der Waals surface area contributed by atoms with Crippen LogP contribution in [0.1, 0.15) is 43.5 Å². The number of carbonyl (C=O) groups is 2. The van der Waals surface area contributed by atoms with Gasteiger partial charge in [-0.25, -0.2) is 0 Å². The van der Waals surface area contributed by atoms with E-state index in [1.165, 1.54) is 0 Å². The first-order valence-electron chi connectivity index (χ1n) is 6.11. The average molecular weight is 268 g/mol. The Morgan fingerprint density at radius 2 is 1.83 bits per heavy atom. The maximum atomic E-state index is 11.8. The van der Waals surface area contributed by atoms with E-state index >= 15 is 0 Å². The van der Waals surface area contributed by atoms with Gasteiger partial charge in [-0.05, 0) is 37.6 Å². The van der Waals surface area contributed by atoms with E-state index in [-0.39, 0.29) is 30.6 Å². The van der Waals surface area contributed by atoms with Gasteiger partial charge in [0.2, 0.25) is 5.91 Å². The summed E-state index contributed by atoms with van der Waals surface area (Å²) in [6.45, 7) is 3.95. The normalized spacial score (nSPS) is 11.9. The predicted octanol–water partition coefficient (Wildman–Crippen LogP) is 3.22. The lowest BCUT2D eigenvalue weighted by atomic mass is 10.1. The molecule has 4 heteroatoms. The van der Waals surface area contributed by atoms with Crippen LogP contribution in [0.25, 0.3) is 0 Å². The number of halogens is 1. The highest BCUT2D eigenvalue weighted by Crippen LogP contribution is 2.11. The molecule has 1 aromatic rings. The van der Waals surface area contributed by atoms with E-state index in [0.29, 0.717) is 10.6 Å². The molecular weight excluding hydrogens is 250 g/mol. The van der Waals surface area contributed by atoms with Gasteiger partial charge in [-0.1, -0.05) is 18.5 Å². The molecule has 1 rings (SSSR count). The van der Waals surface area contributed by atoms with E-state index < -0.39 is 0 Å². The maximum Gasteiger partial charge on any atom is 0.220 e. The van der Waals surface area contributed by atoms with Crippen LogP contribution in [-0.4, -0.2) is 17.7 Å². The van der Waals surface area contributed by atoms with Crippen molar-refractivity contribution in [2.45, 2.75) is 39.2 Å². The fourth-order valence-electron chi connectivity index (χ4n) is 1.46. The Kier molecular flexibility index (Phi) is 5.86. The van der Waals surface area contributed by atoms with Crippen LogP contribution in [0, 0.1) is 0 Å². The Morgan fingerprint density at radius 1 is 1.22 bits per heavy atom. The quantitative estimate of drug-likeness (QED) is 0.805. The smallest absolute Gasteiger partial charge is 0.220 e. The zero-order valence-corrected chi connectivity index (χ0v) is 11.5. The molecule has 1 N–H and O–H groups in total. The van der Waals surface area contributed by atoms with E-state index in [1.54, 1.807) is 24.3 Å². The summed E-state index contributed by atoms with van der Waals surface area (Å²) in [6, 6.07) is 6.86. The van der Waals surface area contributed by atoms with E-state index in [4.69, 9.17) is 11.6 Å². The number of amides is 1. The summed E-state index contributed by atoms with van der Waals surface area (Å²) < 4.78 is 0. The lowest BCUT2D eigenvalue weighted by Gasteiger charge is -2.10. The third kappa shape index (κ3) is 4.88. The van der Waals surface area contributed by atoms with Crippen LogP contribution in [0.15, 0.2) is 24.3 Å². The highest BCUT2D eigenvalue weighted by Gasteiger charge is 2.10. The molecule has 0 saturated heterocycles. The summed E-state index contributed by atoms with van der Waals surface area (Å²) in [7, 11) is 0. The van der Waals surface area contributed by atoms with Gasteiger partial charge in [0.1, 0.15) is 0 Å². The van der Waals surface area contributed by atoms with Crippen LogP contribution in [0.4, 0.5) is 0 Å². The fraction of sp³-hybridized carbons (Fsp3) is 0.429. The van der Waals surface area contributed by atoms with Crippen molar-refractivity contribution >= 4 is 23.3 Å². The summed E-state index contributed by atoms with van der Waals surface area (Å²) >= 11 is 5.74. The Bertz CT molecular complexity index is 414. The van der Waals surface area contributed by atoms with Gasteiger partial charge in [-0.2, -0.15) is 0 Å². The molecule has 1 amide bonds. The number of benzene rings is 1. The molecule has 98 valence electrons. The van der Waals surface area contributed by atoms with Crippen molar-refractivity contribution in [2.24, 2.45) is 0 Å². The summed E-state index contributed by atoms with van der Waals surface area (Å²) in [4.78, 5) is 23.3.